The number of aryl methyl sites for hydroxylation is 2. The van der Waals surface area contributed by atoms with Crippen LogP contribution in [0.1, 0.15) is 31.4 Å². The summed E-state index contributed by atoms with van der Waals surface area (Å²) >= 11 is 0. The smallest absolute Gasteiger partial charge is 0.228 e. The third-order valence-electron chi connectivity index (χ3n) is 2.57. The SMILES string of the molecule is Cc1cc(C)cc(N(C)C(=O)CC(C)(C)N)c1. The second-order valence-corrected chi connectivity index (χ2v) is 5.46. The largest absolute Gasteiger partial charge is 0.325 e. The number of amides is 1. The summed E-state index contributed by atoms with van der Waals surface area (Å²) < 4.78 is 0. The van der Waals surface area contributed by atoms with Gasteiger partial charge in [0.25, 0.3) is 0 Å². The van der Waals surface area contributed by atoms with Gasteiger partial charge in [0, 0.05) is 24.7 Å². The van der Waals surface area contributed by atoms with Crippen LogP contribution in [0, 0.1) is 13.8 Å². The first-order chi connectivity index (χ1) is 7.69. The van der Waals surface area contributed by atoms with Gasteiger partial charge in [-0.15, -0.1) is 0 Å². The summed E-state index contributed by atoms with van der Waals surface area (Å²) in [5.41, 5.74) is 8.64. The number of rotatable bonds is 3. The van der Waals surface area contributed by atoms with E-state index in [0.29, 0.717) is 6.42 Å². The van der Waals surface area contributed by atoms with Gasteiger partial charge in [-0.25, -0.2) is 0 Å². The topological polar surface area (TPSA) is 46.3 Å². The van der Waals surface area contributed by atoms with Crippen LogP contribution in [0.3, 0.4) is 0 Å². The van der Waals surface area contributed by atoms with Gasteiger partial charge in [-0.3, -0.25) is 4.79 Å². The van der Waals surface area contributed by atoms with Gasteiger partial charge in [-0.1, -0.05) is 6.07 Å². The molecule has 0 aliphatic heterocycles. The zero-order valence-electron chi connectivity index (χ0n) is 11.4. The number of anilines is 1. The van der Waals surface area contributed by atoms with Crippen molar-refractivity contribution in [2.75, 3.05) is 11.9 Å². The summed E-state index contributed by atoms with van der Waals surface area (Å²) in [4.78, 5) is 13.7. The molecule has 1 aromatic carbocycles. The van der Waals surface area contributed by atoms with E-state index in [4.69, 9.17) is 5.73 Å². The second-order valence-electron chi connectivity index (χ2n) is 5.46. The van der Waals surface area contributed by atoms with Crippen molar-refractivity contribution in [2.24, 2.45) is 5.73 Å². The fourth-order valence-corrected chi connectivity index (χ4v) is 1.80. The van der Waals surface area contributed by atoms with Crippen molar-refractivity contribution < 1.29 is 4.79 Å². The van der Waals surface area contributed by atoms with Crippen molar-refractivity contribution >= 4 is 11.6 Å². The monoisotopic (exact) mass is 234 g/mol. The van der Waals surface area contributed by atoms with E-state index in [0.717, 1.165) is 16.8 Å². The van der Waals surface area contributed by atoms with E-state index < -0.39 is 5.54 Å². The fraction of sp³-hybridized carbons (Fsp3) is 0.500. The summed E-state index contributed by atoms with van der Waals surface area (Å²) in [6.07, 6.45) is 0.344. The lowest BCUT2D eigenvalue weighted by molar-refractivity contribution is -0.119. The molecule has 3 heteroatoms. The predicted molar refractivity (Wildman–Crippen MR) is 72.2 cm³/mol. The van der Waals surface area contributed by atoms with Gasteiger partial charge in [0.2, 0.25) is 5.91 Å². The van der Waals surface area contributed by atoms with Crippen LogP contribution in [0.4, 0.5) is 5.69 Å². The minimum atomic E-state index is -0.468. The van der Waals surface area contributed by atoms with E-state index in [1.807, 2.05) is 39.8 Å². The van der Waals surface area contributed by atoms with Gasteiger partial charge in [0.15, 0.2) is 0 Å². The molecule has 17 heavy (non-hydrogen) atoms. The van der Waals surface area contributed by atoms with Crippen LogP contribution < -0.4 is 10.6 Å². The van der Waals surface area contributed by atoms with Crippen molar-refractivity contribution in [1.82, 2.24) is 0 Å². The highest BCUT2D eigenvalue weighted by Crippen LogP contribution is 2.19. The molecule has 0 saturated carbocycles. The molecule has 0 unspecified atom stereocenters. The van der Waals surface area contributed by atoms with E-state index >= 15 is 0 Å². The standard InChI is InChI=1S/C14H22N2O/c1-10-6-11(2)8-12(7-10)16(5)13(17)9-14(3,4)15/h6-8H,9,15H2,1-5H3. The molecule has 1 amide bonds. The summed E-state index contributed by atoms with van der Waals surface area (Å²) in [7, 11) is 1.79. The van der Waals surface area contributed by atoms with Crippen LogP contribution in [-0.4, -0.2) is 18.5 Å². The molecule has 1 rings (SSSR count). The molecule has 1 aromatic rings. The van der Waals surface area contributed by atoms with Crippen molar-refractivity contribution in [2.45, 2.75) is 39.7 Å². The first kappa shape index (κ1) is 13.7. The lowest BCUT2D eigenvalue weighted by Crippen LogP contribution is -2.39. The molecule has 0 bridgehead atoms. The molecule has 0 radical (unpaired) electrons. The maximum Gasteiger partial charge on any atom is 0.228 e. The first-order valence-corrected chi connectivity index (χ1v) is 5.83. The first-order valence-electron chi connectivity index (χ1n) is 5.83. The number of carbonyl (C=O) groups is 1. The van der Waals surface area contributed by atoms with Gasteiger partial charge in [-0.05, 0) is 51.0 Å². The number of nitrogens with zero attached hydrogens (tertiary/aromatic N) is 1. The van der Waals surface area contributed by atoms with E-state index in [2.05, 4.69) is 6.07 Å². The Balaban J connectivity index is 2.89. The number of hydrogen-bond donors (Lipinski definition) is 1. The quantitative estimate of drug-likeness (QED) is 0.873. The van der Waals surface area contributed by atoms with E-state index in [1.54, 1.807) is 11.9 Å². The summed E-state index contributed by atoms with van der Waals surface area (Å²) in [6, 6.07) is 6.11. The molecule has 3 nitrogen and oxygen atoms in total. The Bertz CT molecular complexity index is 398. The van der Waals surface area contributed by atoms with Gasteiger partial charge in [0.1, 0.15) is 0 Å². The Morgan fingerprint density at radius 2 is 1.71 bits per heavy atom. The molecule has 0 saturated heterocycles. The highest BCUT2D eigenvalue weighted by molar-refractivity contribution is 5.93. The predicted octanol–water partition coefficient (Wildman–Crippen LogP) is 2.39. The Morgan fingerprint density at radius 1 is 1.24 bits per heavy atom. The number of nitrogens with two attached hydrogens (primary N) is 1. The van der Waals surface area contributed by atoms with Crippen LogP contribution in [0.15, 0.2) is 18.2 Å². The number of carbonyl (C=O) groups excluding carboxylic acids is 1. The van der Waals surface area contributed by atoms with Crippen molar-refractivity contribution in [3.63, 3.8) is 0 Å². The zero-order chi connectivity index (χ0) is 13.2. The molecule has 94 valence electrons. The van der Waals surface area contributed by atoms with E-state index in [9.17, 15) is 4.79 Å². The van der Waals surface area contributed by atoms with Crippen LogP contribution in [-0.2, 0) is 4.79 Å². The van der Waals surface area contributed by atoms with Crippen LogP contribution in [0.5, 0.6) is 0 Å². The van der Waals surface area contributed by atoms with Crippen molar-refractivity contribution in [3.05, 3.63) is 29.3 Å². The van der Waals surface area contributed by atoms with Crippen molar-refractivity contribution in [3.8, 4) is 0 Å². The van der Waals surface area contributed by atoms with Gasteiger partial charge < -0.3 is 10.6 Å². The molecule has 0 aliphatic carbocycles. The maximum absolute atomic E-state index is 12.0. The van der Waals surface area contributed by atoms with Crippen LogP contribution in [0.25, 0.3) is 0 Å². The molecule has 0 heterocycles. The Morgan fingerprint density at radius 3 is 2.12 bits per heavy atom. The van der Waals surface area contributed by atoms with Gasteiger partial charge >= 0.3 is 0 Å². The molecule has 0 fully saturated rings. The number of benzene rings is 1. The average molecular weight is 234 g/mol. The lowest BCUT2D eigenvalue weighted by atomic mass is 10.0. The third-order valence-corrected chi connectivity index (χ3v) is 2.57. The third kappa shape index (κ3) is 4.19. The van der Waals surface area contributed by atoms with Crippen LogP contribution >= 0.6 is 0 Å². The molecule has 0 atom stereocenters. The molecule has 2 N–H and O–H groups in total. The Kier molecular flexibility index (Phi) is 3.94. The Hall–Kier alpha value is -1.35. The highest BCUT2D eigenvalue weighted by atomic mass is 16.2. The molecular weight excluding hydrogens is 212 g/mol. The van der Waals surface area contributed by atoms with E-state index in [1.165, 1.54) is 0 Å². The molecule has 0 spiro atoms. The maximum atomic E-state index is 12.0. The minimum absolute atomic E-state index is 0.0440. The Labute approximate surface area is 104 Å². The summed E-state index contributed by atoms with van der Waals surface area (Å²) in [6.45, 7) is 7.78. The highest BCUT2D eigenvalue weighted by Gasteiger charge is 2.20. The van der Waals surface area contributed by atoms with Gasteiger partial charge in [-0.2, -0.15) is 0 Å². The zero-order valence-corrected chi connectivity index (χ0v) is 11.4. The fourth-order valence-electron chi connectivity index (χ4n) is 1.80. The average Bonchev–Trinajstić information content (AvgIpc) is 2.12. The summed E-state index contributed by atoms with van der Waals surface area (Å²) in [5, 5.41) is 0. The van der Waals surface area contributed by atoms with Crippen LogP contribution in [0.2, 0.25) is 0 Å². The molecule has 0 aliphatic rings. The van der Waals surface area contributed by atoms with Gasteiger partial charge in [0.05, 0.1) is 0 Å². The van der Waals surface area contributed by atoms with Crippen molar-refractivity contribution in [1.29, 1.82) is 0 Å². The summed E-state index contributed by atoms with van der Waals surface area (Å²) in [5.74, 6) is 0.0440. The molecule has 0 aromatic heterocycles. The van der Waals surface area contributed by atoms with E-state index in [-0.39, 0.29) is 5.91 Å². The minimum Gasteiger partial charge on any atom is -0.325 e. The number of hydrogen-bond acceptors (Lipinski definition) is 2. The lowest BCUT2D eigenvalue weighted by Gasteiger charge is -2.24. The normalized spacial score (nSPS) is 11.4. The second kappa shape index (κ2) is 4.88. The molecular formula is C14H22N2O.